The minimum atomic E-state index is -0.457. The number of ether oxygens (including phenoxy) is 3. The minimum absolute atomic E-state index is 0.0905. The molecule has 1 amide bonds. The Labute approximate surface area is 182 Å². The van der Waals surface area contributed by atoms with E-state index in [-0.39, 0.29) is 37.1 Å². The second-order valence-corrected chi connectivity index (χ2v) is 8.31. The molecule has 2 heterocycles. The number of hydrogen-bond acceptors (Lipinski definition) is 6. The van der Waals surface area contributed by atoms with Crippen molar-refractivity contribution >= 4 is 11.6 Å². The van der Waals surface area contributed by atoms with E-state index in [1.54, 1.807) is 7.11 Å². The molecule has 1 fully saturated rings. The van der Waals surface area contributed by atoms with E-state index in [0.717, 1.165) is 28.3 Å². The maximum absolute atomic E-state index is 12.6. The van der Waals surface area contributed by atoms with Crippen LogP contribution in [0, 0.1) is 0 Å². The molecule has 0 saturated carbocycles. The van der Waals surface area contributed by atoms with E-state index in [4.69, 9.17) is 14.2 Å². The van der Waals surface area contributed by atoms with Gasteiger partial charge in [-0.1, -0.05) is 18.2 Å². The Morgan fingerprint density at radius 1 is 1.26 bits per heavy atom. The normalized spacial score (nSPS) is 24.0. The molecule has 2 N–H and O–H groups in total. The van der Waals surface area contributed by atoms with Crippen LogP contribution in [0.1, 0.15) is 29.9 Å². The van der Waals surface area contributed by atoms with E-state index in [2.05, 4.69) is 16.3 Å². The summed E-state index contributed by atoms with van der Waals surface area (Å²) in [5, 5.41) is 12.9. The van der Waals surface area contributed by atoms with E-state index >= 15 is 0 Å². The molecule has 0 aromatic heterocycles. The monoisotopic (exact) mass is 426 g/mol. The lowest BCUT2D eigenvalue weighted by Gasteiger charge is -2.37. The summed E-state index contributed by atoms with van der Waals surface area (Å²) in [7, 11) is 5.62. The highest BCUT2D eigenvalue weighted by Crippen LogP contribution is 2.47. The fourth-order valence-corrected chi connectivity index (χ4v) is 4.48. The lowest BCUT2D eigenvalue weighted by molar-refractivity contribution is -0.142. The molecule has 0 spiro atoms. The fraction of sp³-hybridized carbons (Fsp3) is 0.458. The van der Waals surface area contributed by atoms with Gasteiger partial charge in [0.05, 0.1) is 26.2 Å². The molecule has 4 rings (SSSR count). The number of benzene rings is 2. The smallest absolute Gasteiger partial charge is 0.222 e. The topological polar surface area (TPSA) is 80.3 Å². The van der Waals surface area contributed by atoms with Crippen LogP contribution >= 0.6 is 0 Å². The zero-order valence-electron chi connectivity index (χ0n) is 18.2. The molecule has 7 nitrogen and oxygen atoms in total. The van der Waals surface area contributed by atoms with Crippen LogP contribution in [0.4, 0.5) is 5.69 Å². The summed E-state index contributed by atoms with van der Waals surface area (Å²) < 4.78 is 17.5. The highest BCUT2D eigenvalue weighted by atomic mass is 16.6. The van der Waals surface area contributed by atoms with Crippen molar-refractivity contribution in [3.8, 4) is 11.5 Å². The molecule has 1 saturated heterocycles. The van der Waals surface area contributed by atoms with E-state index < -0.39 is 6.10 Å². The predicted molar refractivity (Wildman–Crippen MR) is 118 cm³/mol. The SMILES string of the molecule is COc1ccccc1CNC(=O)C[C@H]1C[C@@H]2c3cc(N(C)C)ccc3O[C@@H]2[C@@H](CO)O1. The summed E-state index contributed by atoms with van der Waals surface area (Å²) in [5.41, 5.74) is 3.14. The Kier molecular flexibility index (Phi) is 6.34. The summed E-state index contributed by atoms with van der Waals surface area (Å²) >= 11 is 0. The van der Waals surface area contributed by atoms with E-state index in [0.29, 0.717) is 13.0 Å². The molecule has 2 aromatic rings. The van der Waals surface area contributed by atoms with Gasteiger partial charge in [-0.05, 0) is 30.7 Å². The maximum Gasteiger partial charge on any atom is 0.222 e. The van der Waals surface area contributed by atoms with Crippen LogP contribution in [0.3, 0.4) is 0 Å². The number of aliphatic hydroxyl groups excluding tert-OH is 1. The van der Waals surface area contributed by atoms with Crippen LogP contribution in [-0.4, -0.2) is 57.1 Å². The zero-order valence-corrected chi connectivity index (χ0v) is 18.2. The van der Waals surface area contributed by atoms with Crippen LogP contribution in [-0.2, 0) is 16.1 Å². The number of aliphatic hydroxyl groups is 1. The van der Waals surface area contributed by atoms with Crippen LogP contribution in [0.2, 0.25) is 0 Å². The third kappa shape index (κ3) is 4.48. The van der Waals surface area contributed by atoms with Gasteiger partial charge < -0.3 is 29.5 Å². The second kappa shape index (κ2) is 9.16. The molecule has 7 heteroatoms. The molecule has 31 heavy (non-hydrogen) atoms. The predicted octanol–water partition coefficient (Wildman–Crippen LogP) is 2.46. The van der Waals surface area contributed by atoms with Crippen molar-refractivity contribution in [3.63, 3.8) is 0 Å². The third-order valence-corrected chi connectivity index (χ3v) is 6.08. The Hall–Kier alpha value is -2.77. The Bertz CT molecular complexity index is 932. The summed E-state index contributed by atoms with van der Waals surface area (Å²) in [6.45, 7) is 0.248. The molecule has 0 bridgehead atoms. The largest absolute Gasteiger partial charge is 0.496 e. The van der Waals surface area contributed by atoms with Crippen LogP contribution < -0.4 is 19.7 Å². The van der Waals surface area contributed by atoms with Crippen LogP contribution in [0.5, 0.6) is 11.5 Å². The van der Waals surface area contributed by atoms with Crippen molar-refractivity contribution in [2.75, 3.05) is 32.7 Å². The first kappa shape index (κ1) is 21.5. The van der Waals surface area contributed by atoms with Gasteiger partial charge in [-0.3, -0.25) is 4.79 Å². The average molecular weight is 427 g/mol. The average Bonchev–Trinajstić information content (AvgIpc) is 3.15. The number of carbonyl (C=O) groups is 1. The van der Waals surface area contributed by atoms with Gasteiger partial charge in [-0.15, -0.1) is 0 Å². The van der Waals surface area contributed by atoms with Gasteiger partial charge >= 0.3 is 0 Å². The van der Waals surface area contributed by atoms with Gasteiger partial charge in [0.1, 0.15) is 23.7 Å². The number of carbonyl (C=O) groups excluding carboxylic acids is 1. The van der Waals surface area contributed by atoms with Crippen molar-refractivity contribution in [2.24, 2.45) is 0 Å². The highest BCUT2D eigenvalue weighted by Gasteiger charge is 2.46. The standard InChI is InChI=1S/C24H30N2O5/c1-26(2)16-8-9-21-18(10-16)19-11-17(30-22(14-27)24(19)31-21)12-23(28)25-13-15-6-4-5-7-20(15)29-3/h4-10,17,19,22,24,27H,11-14H2,1-3H3,(H,25,28)/t17-,19-,22-,24+/m1/s1. The molecule has 2 aromatic carbocycles. The molecule has 2 aliphatic rings. The molecular weight excluding hydrogens is 396 g/mol. The minimum Gasteiger partial charge on any atom is -0.496 e. The van der Waals surface area contributed by atoms with Gasteiger partial charge in [0.25, 0.3) is 0 Å². The number of methoxy groups -OCH3 is 1. The number of hydrogen-bond donors (Lipinski definition) is 2. The molecule has 166 valence electrons. The van der Waals surface area contributed by atoms with Crippen LogP contribution in [0.25, 0.3) is 0 Å². The van der Waals surface area contributed by atoms with Gasteiger partial charge in [0.15, 0.2) is 0 Å². The van der Waals surface area contributed by atoms with Gasteiger partial charge in [0, 0.05) is 43.4 Å². The Morgan fingerprint density at radius 2 is 2.06 bits per heavy atom. The fourth-order valence-electron chi connectivity index (χ4n) is 4.48. The number of nitrogens with one attached hydrogen (secondary N) is 1. The Balaban J connectivity index is 1.43. The molecule has 2 aliphatic heterocycles. The van der Waals surface area contributed by atoms with E-state index in [9.17, 15) is 9.90 Å². The number of rotatable bonds is 7. The lowest BCUT2D eigenvalue weighted by Crippen LogP contribution is -2.47. The number of nitrogens with zero attached hydrogens (tertiary/aromatic N) is 1. The maximum atomic E-state index is 12.6. The van der Waals surface area contributed by atoms with Crippen molar-refractivity contribution in [1.29, 1.82) is 0 Å². The van der Waals surface area contributed by atoms with E-state index in [1.165, 1.54) is 0 Å². The second-order valence-electron chi connectivity index (χ2n) is 8.31. The molecular formula is C24H30N2O5. The molecule has 0 radical (unpaired) electrons. The number of fused-ring (bicyclic) bond motifs is 3. The number of para-hydroxylation sites is 1. The highest BCUT2D eigenvalue weighted by molar-refractivity contribution is 5.76. The van der Waals surface area contributed by atoms with Gasteiger partial charge in [-0.25, -0.2) is 0 Å². The van der Waals surface area contributed by atoms with Crippen molar-refractivity contribution in [1.82, 2.24) is 5.32 Å². The first-order chi connectivity index (χ1) is 15.0. The summed E-state index contributed by atoms with van der Waals surface area (Å²) in [4.78, 5) is 14.7. The van der Waals surface area contributed by atoms with Crippen molar-refractivity contribution in [3.05, 3.63) is 53.6 Å². The molecule has 4 atom stereocenters. The zero-order chi connectivity index (χ0) is 22.0. The first-order valence-corrected chi connectivity index (χ1v) is 10.6. The number of amides is 1. The summed E-state index contributed by atoms with van der Waals surface area (Å²) in [6.07, 6.45) is -0.0649. The number of anilines is 1. The Morgan fingerprint density at radius 3 is 2.81 bits per heavy atom. The molecule has 0 aliphatic carbocycles. The van der Waals surface area contributed by atoms with Crippen LogP contribution in [0.15, 0.2) is 42.5 Å². The van der Waals surface area contributed by atoms with Crippen molar-refractivity contribution in [2.45, 2.75) is 43.6 Å². The molecule has 0 unspecified atom stereocenters. The van der Waals surface area contributed by atoms with Gasteiger partial charge in [0.2, 0.25) is 5.91 Å². The lowest BCUT2D eigenvalue weighted by atomic mass is 9.84. The van der Waals surface area contributed by atoms with E-state index in [1.807, 2.05) is 50.5 Å². The van der Waals surface area contributed by atoms with Gasteiger partial charge in [-0.2, -0.15) is 0 Å². The first-order valence-electron chi connectivity index (χ1n) is 10.6. The third-order valence-electron chi connectivity index (χ3n) is 6.08. The van der Waals surface area contributed by atoms with Crippen molar-refractivity contribution < 1.29 is 24.1 Å². The summed E-state index contributed by atoms with van der Waals surface area (Å²) in [5.74, 6) is 1.58. The summed E-state index contributed by atoms with van der Waals surface area (Å²) in [6, 6.07) is 13.8. The quantitative estimate of drug-likeness (QED) is 0.708.